The number of nitrogens with one attached hydrogen (secondary N) is 2. The second-order valence-corrected chi connectivity index (χ2v) is 7.83. The molecule has 108 valence electrons. The van der Waals surface area contributed by atoms with Gasteiger partial charge in [-0.15, -0.1) is 11.3 Å². The third kappa shape index (κ3) is 4.25. The molecule has 1 unspecified atom stereocenters. The van der Waals surface area contributed by atoms with Crippen molar-refractivity contribution in [2.45, 2.75) is 23.6 Å². The van der Waals surface area contributed by atoms with Gasteiger partial charge < -0.3 is 10.1 Å². The summed E-state index contributed by atoms with van der Waals surface area (Å²) < 4.78 is 32.5. The number of rotatable bonds is 7. The van der Waals surface area contributed by atoms with Crippen molar-refractivity contribution in [1.82, 2.24) is 10.0 Å². The molecule has 0 amide bonds. The van der Waals surface area contributed by atoms with Crippen molar-refractivity contribution in [3.05, 3.63) is 17.0 Å². The lowest BCUT2D eigenvalue weighted by atomic mass is 10.1. The molecule has 19 heavy (non-hydrogen) atoms. The summed E-state index contributed by atoms with van der Waals surface area (Å²) in [7, 11) is -1.51. The van der Waals surface area contributed by atoms with Crippen LogP contribution in [-0.2, 0) is 21.3 Å². The SMILES string of the molecule is CNCc1ccc(S(=O)(=O)NCCC2CCOC2)s1. The fourth-order valence-electron chi connectivity index (χ4n) is 2.05. The summed E-state index contributed by atoms with van der Waals surface area (Å²) in [5.74, 6) is 0.492. The van der Waals surface area contributed by atoms with Crippen LogP contribution in [0.4, 0.5) is 0 Å². The second kappa shape index (κ2) is 6.81. The van der Waals surface area contributed by atoms with E-state index in [1.807, 2.05) is 13.1 Å². The first-order valence-corrected chi connectivity index (χ1v) is 8.72. The van der Waals surface area contributed by atoms with Crippen molar-refractivity contribution in [2.24, 2.45) is 5.92 Å². The average molecular weight is 304 g/mol. The summed E-state index contributed by atoms with van der Waals surface area (Å²) in [5.41, 5.74) is 0. The zero-order chi connectivity index (χ0) is 13.7. The summed E-state index contributed by atoms with van der Waals surface area (Å²) in [5, 5.41) is 3.01. The molecule has 1 aromatic heterocycles. The van der Waals surface area contributed by atoms with E-state index in [9.17, 15) is 8.42 Å². The molecule has 0 aromatic carbocycles. The number of hydrogen-bond donors (Lipinski definition) is 2. The predicted octanol–water partition coefficient (Wildman–Crippen LogP) is 1.17. The van der Waals surface area contributed by atoms with E-state index < -0.39 is 10.0 Å². The Bertz CT molecular complexity index is 493. The highest BCUT2D eigenvalue weighted by molar-refractivity contribution is 7.91. The van der Waals surface area contributed by atoms with Gasteiger partial charge in [0.25, 0.3) is 0 Å². The Morgan fingerprint density at radius 1 is 1.47 bits per heavy atom. The van der Waals surface area contributed by atoms with E-state index in [2.05, 4.69) is 10.0 Å². The lowest BCUT2D eigenvalue weighted by Crippen LogP contribution is -2.25. The van der Waals surface area contributed by atoms with Crippen LogP contribution in [0, 0.1) is 5.92 Å². The molecule has 1 aliphatic rings. The van der Waals surface area contributed by atoms with Crippen molar-refractivity contribution in [3.8, 4) is 0 Å². The third-order valence-electron chi connectivity index (χ3n) is 3.12. The van der Waals surface area contributed by atoms with Gasteiger partial charge >= 0.3 is 0 Å². The Hall–Kier alpha value is -0.470. The molecule has 7 heteroatoms. The number of hydrogen-bond acceptors (Lipinski definition) is 5. The minimum Gasteiger partial charge on any atom is -0.381 e. The van der Waals surface area contributed by atoms with Crippen LogP contribution in [-0.4, -0.2) is 35.2 Å². The summed E-state index contributed by atoms with van der Waals surface area (Å²) in [6.45, 7) is 2.73. The Labute approximate surface area is 118 Å². The average Bonchev–Trinajstić information content (AvgIpc) is 3.00. The molecule has 5 nitrogen and oxygen atoms in total. The fraction of sp³-hybridized carbons (Fsp3) is 0.667. The van der Waals surface area contributed by atoms with Crippen LogP contribution in [0.2, 0.25) is 0 Å². The van der Waals surface area contributed by atoms with Gasteiger partial charge in [-0.2, -0.15) is 0 Å². The van der Waals surface area contributed by atoms with Gasteiger partial charge in [-0.25, -0.2) is 13.1 Å². The van der Waals surface area contributed by atoms with Crippen LogP contribution in [0.3, 0.4) is 0 Å². The van der Waals surface area contributed by atoms with Crippen molar-refractivity contribution >= 4 is 21.4 Å². The molecule has 0 bridgehead atoms. The van der Waals surface area contributed by atoms with Crippen molar-refractivity contribution in [3.63, 3.8) is 0 Å². The topological polar surface area (TPSA) is 67.4 Å². The molecule has 1 aliphatic heterocycles. The van der Waals surface area contributed by atoms with Crippen LogP contribution in [0.25, 0.3) is 0 Å². The van der Waals surface area contributed by atoms with Gasteiger partial charge in [0.1, 0.15) is 4.21 Å². The Balaban J connectivity index is 1.85. The van der Waals surface area contributed by atoms with E-state index in [1.165, 1.54) is 11.3 Å². The standard InChI is InChI=1S/C12H20N2O3S2/c1-13-8-11-2-3-12(18-11)19(15,16)14-6-4-10-5-7-17-9-10/h2-3,10,13-14H,4-9H2,1H3. The normalized spacial score (nSPS) is 19.9. The quantitative estimate of drug-likeness (QED) is 0.793. The molecular weight excluding hydrogens is 284 g/mol. The lowest BCUT2D eigenvalue weighted by molar-refractivity contribution is 0.184. The fourth-order valence-corrected chi connectivity index (χ4v) is 4.51. The molecule has 1 saturated heterocycles. The van der Waals surface area contributed by atoms with E-state index >= 15 is 0 Å². The van der Waals surface area contributed by atoms with Crippen molar-refractivity contribution < 1.29 is 13.2 Å². The molecule has 0 spiro atoms. The monoisotopic (exact) mass is 304 g/mol. The number of thiophene rings is 1. The summed E-state index contributed by atoms with van der Waals surface area (Å²) in [6, 6.07) is 3.51. The highest BCUT2D eigenvalue weighted by Crippen LogP contribution is 2.21. The zero-order valence-electron chi connectivity index (χ0n) is 11.0. The summed E-state index contributed by atoms with van der Waals surface area (Å²) >= 11 is 1.31. The van der Waals surface area contributed by atoms with Crippen LogP contribution in [0.5, 0.6) is 0 Å². The van der Waals surface area contributed by atoms with Gasteiger partial charge in [-0.05, 0) is 37.9 Å². The molecule has 2 rings (SSSR count). The molecule has 1 fully saturated rings. The molecule has 1 aromatic rings. The second-order valence-electron chi connectivity index (χ2n) is 4.67. The third-order valence-corrected chi connectivity index (χ3v) is 6.16. The molecule has 0 radical (unpaired) electrons. The number of ether oxygens (including phenoxy) is 1. The first kappa shape index (κ1) is 14.9. The highest BCUT2D eigenvalue weighted by atomic mass is 32.2. The Morgan fingerprint density at radius 2 is 2.32 bits per heavy atom. The zero-order valence-corrected chi connectivity index (χ0v) is 12.6. The summed E-state index contributed by atoms with van der Waals surface area (Å²) in [4.78, 5) is 1.02. The largest absolute Gasteiger partial charge is 0.381 e. The first-order valence-electron chi connectivity index (χ1n) is 6.42. The molecule has 0 aliphatic carbocycles. The van der Waals surface area contributed by atoms with Crippen LogP contribution in [0.15, 0.2) is 16.3 Å². The molecule has 1 atom stereocenters. The minimum atomic E-state index is -3.35. The van der Waals surface area contributed by atoms with Gasteiger partial charge in [0.05, 0.1) is 0 Å². The molecular formula is C12H20N2O3S2. The molecule has 2 N–H and O–H groups in total. The molecule has 0 saturated carbocycles. The maximum atomic E-state index is 12.1. The maximum Gasteiger partial charge on any atom is 0.250 e. The van der Waals surface area contributed by atoms with E-state index in [4.69, 9.17) is 4.74 Å². The lowest BCUT2D eigenvalue weighted by Gasteiger charge is -2.08. The summed E-state index contributed by atoms with van der Waals surface area (Å²) in [6.07, 6.45) is 1.88. The van der Waals surface area contributed by atoms with Gasteiger partial charge in [-0.1, -0.05) is 0 Å². The van der Waals surface area contributed by atoms with E-state index in [-0.39, 0.29) is 0 Å². The predicted molar refractivity (Wildman–Crippen MR) is 75.8 cm³/mol. The highest BCUT2D eigenvalue weighted by Gasteiger charge is 2.19. The van der Waals surface area contributed by atoms with E-state index in [0.29, 0.717) is 23.2 Å². The Morgan fingerprint density at radius 3 is 3.00 bits per heavy atom. The van der Waals surface area contributed by atoms with Gasteiger partial charge in [0.15, 0.2) is 0 Å². The van der Waals surface area contributed by atoms with Crippen molar-refractivity contribution in [2.75, 3.05) is 26.8 Å². The first-order chi connectivity index (χ1) is 9.12. The van der Waals surface area contributed by atoms with E-state index in [0.717, 1.165) is 30.9 Å². The van der Waals surface area contributed by atoms with Crippen molar-refractivity contribution in [1.29, 1.82) is 0 Å². The van der Waals surface area contributed by atoms with E-state index in [1.54, 1.807) is 6.07 Å². The van der Waals surface area contributed by atoms with Crippen LogP contribution in [0.1, 0.15) is 17.7 Å². The Kier molecular flexibility index (Phi) is 5.35. The number of sulfonamides is 1. The van der Waals surface area contributed by atoms with Crippen LogP contribution >= 0.6 is 11.3 Å². The minimum absolute atomic E-state index is 0.389. The smallest absolute Gasteiger partial charge is 0.250 e. The van der Waals surface area contributed by atoms with Gasteiger partial charge in [0, 0.05) is 31.2 Å². The maximum absolute atomic E-state index is 12.1. The molecule has 2 heterocycles. The van der Waals surface area contributed by atoms with Gasteiger partial charge in [0.2, 0.25) is 10.0 Å². The van der Waals surface area contributed by atoms with Gasteiger partial charge in [-0.3, -0.25) is 0 Å². The van der Waals surface area contributed by atoms with Crippen LogP contribution < -0.4 is 10.0 Å².